The standard InChI is InChI=1S/C27H27ClN2O3.C3H6.C2H6O.C2H6.CH4S/c1-18(2)29-16-24(17-29)33-23-10-8-22(9-11-23)30-13-14-32-26-15-20(5-12-25(26)27(30)31)19-3-6-21(28)7-4-19;2*1-3-2;2*1-2/h3-12,15,18,24H,13-14,16-17H2,1-2H3;3H,1H2,2H3;1-2H3;1-2H3;2H,1H3. The fourth-order valence-corrected chi connectivity index (χ4v) is 4.37. The lowest BCUT2D eigenvalue weighted by Gasteiger charge is -2.41. The number of anilines is 1. The van der Waals surface area contributed by atoms with Crippen molar-refractivity contribution in [2.45, 2.75) is 46.8 Å². The number of carbonyl (C=O) groups is 1. The van der Waals surface area contributed by atoms with Crippen molar-refractivity contribution in [3.8, 4) is 22.6 Å². The molecular formula is C35H49ClN2O4S. The molecule has 6 nitrogen and oxygen atoms in total. The first-order valence-electron chi connectivity index (χ1n) is 14.6. The number of likely N-dealkylation sites (tertiary alicyclic amines) is 1. The van der Waals surface area contributed by atoms with Crippen LogP contribution in [-0.2, 0) is 4.74 Å². The van der Waals surface area contributed by atoms with E-state index in [4.69, 9.17) is 21.1 Å². The molecule has 43 heavy (non-hydrogen) atoms. The van der Waals surface area contributed by atoms with Crippen molar-refractivity contribution in [3.63, 3.8) is 0 Å². The topological polar surface area (TPSA) is 51.2 Å². The summed E-state index contributed by atoms with van der Waals surface area (Å²) in [6.45, 7) is 16.5. The van der Waals surface area contributed by atoms with Crippen LogP contribution in [-0.4, -0.2) is 69.7 Å². The molecule has 8 heteroatoms. The first kappa shape index (κ1) is 38.1. The van der Waals surface area contributed by atoms with Crippen LogP contribution in [0.15, 0.2) is 79.4 Å². The summed E-state index contributed by atoms with van der Waals surface area (Å²) in [5, 5.41) is 0.692. The Balaban J connectivity index is 0.000000827. The highest BCUT2D eigenvalue weighted by Crippen LogP contribution is 2.32. The lowest BCUT2D eigenvalue weighted by atomic mass is 10.0. The first-order chi connectivity index (χ1) is 20.8. The number of nitrogens with zero attached hydrogens (tertiary/aromatic N) is 2. The van der Waals surface area contributed by atoms with Crippen molar-refractivity contribution in [2.24, 2.45) is 0 Å². The second-order valence-electron chi connectivity index (χ2n) is 9.62. The highest BCUT2D eigenvalue weighted by molar-refractivity contribution is 7.79. The van der Waals surface area contributed by atoms with Gasteiger partial charge in [-0.25, -0.2) is 0 Å². The van der Waals surface area contributed by atoms with Gasteiger partial charge in [0.15, 0.2) is 0 Å². The molecule has 0 N–H and O–H groups in total. The molecule has 1 saturated heterocycles. The van der Waals surface area contributed by atoms with Crippen molar-refractivity contribution in [3.05, 3.63) is 90.0 Å². The van der Waals surface area contributed by atoms with E-state index in [2.05, 4.69) is 42.7 Å². The molecule has 2 aliphatic rings. The number of thiol groups is 1. The zero-order valence-corrected chi connectivity index (χ0v) is 28.6. The van der Waals surface area contributed by atoms with Crippen molar-refractivity contribution < 1.29 is 19.0 Å². The third-order valence-corrected chi connectivity index (χ3v) is 6.52. The molecule has 3 aromatic carbocycles. The van der Waals surface area contributed by atoms with Gasteiger partial charge in [0.05, 0.1) is 12.1 Å². The Hall–Kier alpha value is -2.97. The molecule has 0 aliphatic carbocycles. The Morgan fingerprint density at radius 3 is 2.05 bits per heavy atom. The molecule has 0 radical (unpaired) electrons. The third kappa shape index (κ3) is 11.6. The SMILES string of the molecule is C=CC.CC.CC(C)N1CC(Oc2ccc(N3CCOc4cc(-c5ccc(Cl)cc5)ccc4C3=O)cc2)C1.COC.CS. The van der Waals surface area contributed by atoms with E-state index in [1.54, 1.807) is 31.5 Å². The second kappa shape index (κ2) is 20.9. The Kier molecular flexibility index (Phi) is 18.5. The number of carbonyl (C=O) groups excluding carboxylic acids is 1. The van der Waals surface area contributed by atoms with E-state index < -0.39 is 0 Å². The molecule has 1 amide bonds. The number of hydrogen-bond donors (Lipinski definition) is 1. The van der Waals surface area contributed by atoms with Crippen molar-refractivity contribution >= 4 is 35.8 Å². The molecule has 0 bridgehead atoms. The zero-order valence-electron chi connectivity index (χ0n) is 27.0. The van der Waals surface area contributed by atoms with Crippen LogP contribution < -0.4 is 14.4 Å². The summed E-state index contributed by atoms with van der Waals surface area (Å²) in [5.74, 6) is 1.37. The zero-order chi connectivity index (χ0) is 32.4. The molecule has 0 atom stereocenters. The van der Waals surface area contributed by atoms with Gasteiger partial charge in [0.2, 0.25) is 0 Å². The second-order valence-corrected chi connectivity index (χ2v) is 10.1. The van der Waals surface area contributed by atoms with Crippen LogP contribution >= 0.6 is 24.2 Å². The maximum Gasteiger partial charge on any atom is 0.262 e. The minimum atomic E-state index is -0.0645. The van der Waals surface area contributed by atoms with Gasteiger partial charge in [0, 0.05) is 44.1 Å². The van der Waals surface area contributed by atoms with Gasteiger partial charge in [-0.2, -0.15) is 12.6 Å². The van der Waals surface area contributed by atoms with Crippen LogP contribution in [0.2, 0.25) is 5.02 Å². The maximum atomic E-state index is 13.3. The summed E-state index contributed by atoms with van der Waals surface area (Å²) in [6, 6.07) is 21.7. The summed E-state index contributed by atoms with van der Waals surface area (Å²) in [7, 11) is 3.25. The number of halogens is 1. The molecule has 0 saturated carbocycles. The highest BCUT2D eigenvalue weighted by Gasteiger charge is 2.30. The van der Waals surface area contributed by atoms with Gasteiger partial charge < -0.3 is 19.1 Å². The fourth-order valence-electron chi connectivity index (χ4n) is 4.24. The normalized spacial score (nSPS) is 13.8. The Morgan fingerprint density at radius 1 is 0.977 bits per heavy atom. The quantitative estimate of drug-likeness (QED) is 0.227. The molecule has 0 aromatic heterocycles. The predicted octanol–water partition coefficient (Wildman–Crippen LogP) is 8.54. The summed E-state index contributed by atoms with van der Waals surface area (Å²) in [4.78, 5) is 17.5. The van der Waals surface area contributed by atoms with Crippen molar-refractivity contribution in [2.75, 3.05) is 51.6 Å². The lowest BCUT2D eigenvalue weighted by Crippen LogP contribution is -2.56. The number of hydrogen-bond acceptors (Lipinski definition) is 6. The number of benzene rings is 3. The summed E-state index contributed by atoms with van der Waals surface area (Å²) < 4.78 is 16.3. The van der Waals surface area contributed by atoms with E-state index >= 15 is 0 Å². The monoisotopic (exact) mass is 628 g/mol. The number of fused-ring (bicyclic) bond motifs is 1. The van der Waals surface area contributed by atoms with Gasteiger partial charge >= 0.3 is 0 Å². The number of methoxy groups -OCH3 is 1. The molecule has 0 spiro atoms. The van der Waals surface area contributed by atoms with Crippen LogP contribution in [0, 0.1) is 0 Å². The van der Waals surface area contributed by atoms with E-state index in [1.165, 1.54) is 0 Å². The largest absolute Gasteiger partial charge is 0.491 e. The van der Waals surface area contributed by atoms with E-state index in [1.807, 2.05) is 87.5 Å². The summed E-state index contributed by atoms with van der Waals surface area (Å²) >= 11 is 9.53. The van der Waals surface area contributed by atoms with Gasteiger partial charge in [0.1, 0.15) is 24.2 Å². The Bertz CT molecular complexity index is 1210. The van der Waals surface area contributed by atoms with Crippen molar-refractivity contribution in [1.82, 2.24) is 4.90 Å². The fraction of sp³-hybridized carbons (Fsp3) is 0.400. The van der Waals surface area contributed by atoms with Crippen LogP contribution in [0.25, 0.3) is 11.1 Å². The van der Waals surface area contributed by atoms with E-state index in [0.29, 0.717) is 35.5 Å². The van der Waals surface area contributed by atoms with Crippen LogP contribution in [0.4, 0.5) is 5.69 Å². The molecule has 1 fully saturated rings. The van der Waals surface area contributed by atoms with Crippen LogP contribution in [0.1, 0.15) is 45.0 Å². The smallest absolute Gasteiger partial charge is 0.262 e. The molecule has 2 aliphatic heterocycles. The molecule has 2 heterocycles. The van der Waals surface area contributed by atoms with E-state index in [9.17, 15) is 4.79 Å². The van der Waals surface area contributed by atoms with E-state index in [0.717, 1.165) is 35.7 Å². The molecule has 0 unspecified atom stereocenters. The molecule has 5 rings (SSSR count). The van der Waals surface area contributed by atoms with Gasteiger partial charge in [-0.3, -0.25) is 9.69 Å². The van der Waals surface area contributed by atoms with Crippen molar-refractivity contribution in [1.29, 1.82) is 0 Å². The predicted molar refractivity (Wildman–Crippen MR) is 187 cm³/mol. The number of amides is 1. The minimum Gasteiger partial charge on any atom is -0.491 e. The third-order valence-electron chi connectivity index (χ3n) is 6.26. The van der Waals surface area contributed by atoms with Crippen LogP contribution in [0.5, 0.6) is 11.5 Å². The maximum absolute atomic E-state index is 13.3. The molecular weight excluding hydrogens is 580 g/mol. The van der Waals surface area contributed by atoms with Gasteiger partial charge in [0.25, 0.3) is 5.91 Å². The minimum absolute atomic E-state index is 0.0645. The molecule has 3 aromatic rings. The Morgan fingerprint density at radius 2 is 1.51 bits per heavy atom. The lowest BCUT2D eigenvalue weighted by molar-refractivity contribution is 0.000158. The van der Waals surface area contributed by atoms with Gasteiger partial charge in [-0.15, -0.1) is 6.58 Å². The van der Waals surface area contributed by atoms with Crippen LogP contribution in [0.3, 0.4) is 0 Å². The summed E-state index contributed by atoms with van der Waals surface area (Å²) in [6.07, 6.45) is 3.67. The van der Waals surface area contributed by atoms with Gasteiger partial charge in [-0.1, -0.05) is 49.7 Å². The van der Waals surface area contributed by atoms with E-state index in [-0.39, 0.29) is 12.0 Å². The number of rotatable bonds is 5. The Labute approximate surface area is 270 Å². The average Bonchev–Trinajstić information content (AvgIpc) is 3.16. The first-order valence-corrected chi connectivity index (χ1v) is 15.9. The summed E-state index contributed by atoms with van der Waals surface area (Å²) in [5.41, 5.74) is 3.41. The molecule has 236 valence electrons. The average molecular weight is 629 g/mol. The highest BCUT2D eigenvalue weighted by atomic mass is 35.5. The number of ether oxygens (including phenoxy) is 3. The number of allylic oxidation sites excluding steroid dienone is 1. The van der Waals surface area contributed by atoms with Gasteiger partial charge in [-0.05, 0) is 86.7 Å².